The first kappa shape index (κ1) is 16.4. The molecule has 1 aliphatic heterocycles. The van der Waals surface area contributed by atoms with Crippen LogP contribution in [0.3, 0.4) is 0 Å². The van der Waals surface area contributed by atoms with Crippen LogP contribution in [0.2, 0.25) is 0 Å². The van der Waals surface area contributed by atoms with Crippen LogP contribution in [0.5, 0.6) is 0 Å². The molecule has 0 radical (unpaired) electrons. The molecule has 3 atom stereocenters. The molecule has 1 aromatic rings. The SMILES string of the molecule is COCc1cccc(C(CN)N2CC(OC)C(OC)C2)c1. The summed E-state index contributed by atoms with van der Waals surface area (Å²) in [6.45, 7) is 2.87. The summed E-state index contributed by atoms with van der Waals surface area (Å²) in [6, 6.07) is 8.60. The van der Waals surface area contributed by atoms with Crippen molar-refractivity contribution >= 4 is 0 Å². The quantitative estimate of drug-likeness (QED) is 0.818. The average Bonchev–Trinajstić information content (AvgIpc) is 2.92. The van der Waals surface area contributed by atoms with E-state index in [-0.39, 0.29) is 18.2 Å². The van der Waals surface area contributed by atoms with Crippen molar-refractivity contribution in [1.82, 2.24) is 4.90 Å². The second-order valence-corrected chi connectivity index (χ2v) is 5.43. The van der Waals surface area contributed by atoms with Crippen molar-refractivity contribution < 1.29 is 14.2 Å². The highest BCUT2D eigenvalue weighted by atomic mass is 16.5. The van der Waals surface area contributed by atoms with Crippen LogP contribution < -0.4 is 5.73 Å². The largest absolute Gasteiger partial charge is 0.380 e. The highest BCUT2D eigenvalue weighted by Gasteiger charge is 2.36. The van der Waals surface area contributed by atoms with Crippen molar-refractivity contribution in [3.8, 4) is 0 Å². The van der Waals surface area contributed by atoms with Gasteiger partial charge in [-0.3, -0.25) is 4.90 Å². The fraction of sp³-hybridized carbons (Fsp3) is 0.625. The van der Waals surface area contributed by atoms with Crippen LogP contribution in [-0.2, 0) is 20.8 Å². The molecule has 5 nitrogen and oxygen atoms in total. The Morgan fingerprint density at radius 3 is 2.38 bits per heavy atom. The van der Waals surface area contributed by atoms with Crippen LogP contribution in [0.4, 0.5) is 0 Å². The van der Waals surface area contributed by atoms with E-state index in [0.717, 1.165) is 13.1 Å². The van der Waals surface area contributed by atoms with Gasteiger partial charge in [-0.25, -0.2) is 0 Å². The molecule has 0 aliphatic carbocycles. The summed E-state index contributed by atoms with van der Waals surface area (Å²) in [5.41, 5.74) is 8.41. The first-order valence-electron chi connectivity index (χ1n) is 7.31. The number of methoxy groups -OCH3 is 3. The summed E-state index contributed by atoms with van der Waals surface area (Å²) < 4.78 is 16.2. The van der Waals surface area contributed by atoms with Crippen LogP contribution in [0.15, 0.2) is 24.3 Å². The Bertz CT molecular complexity index is 429. The van der Waals surface area contributed by atoms with Crippen LogP contribution >= 0.6 is 0 Å². The van der Waals surface area contributed by atoms with E-state index in [4.69, 9.17) is 19.9 Å². The number of benzene rings is 1. The topological polar surface area (TPSA) is 57.0 Å². The van der Waals surface area contributed by atoms with Gasteiger partial charge < -0.3 is 19.9 Å². The second kappa shape index (κ2) is 7.87. The number of hydrogen-bond donors (Lipinski definition) is 1. The summed E-state index contributed by atoms with van der Waals surface area (Å²) in [7, 11) is 5.17. The highest BCUT2D eigenvalue weighted by molar-refractivity contribution is 5.26. The molecule has 0 aromatic heterocycles. The summed E-state index contributed by atoms with van der Waals surface area (Å²) in [5, 5.41) is 0. The molecule has 0 spiro atoms. The van der Waals surface area contributed by atoms with Gasteiger partial charge in [-0.1, -0.05) is 24.3 Å². The van der Waals surface area contributed by atoms with Crippen LogP contribution in [0.1, 0.15) is 17.2 Å². The lowest BCUT2D eigenvalue weighted by Gasteiger charge is -2.27. The van der Waals surface area contributed by atoms with Gasteiger partial charge in [0.2, 0.25) is 0 Å². The number of hydrogen-bond acceptors (Lipinski definition) is 5. The number of nitrogens with zero attached hydrogens (tertiary/aromatic N) is 1. The van der Waals surface area contributed by atoms with Crippen molar-refractivity contribution in [1.29, 1.82) is 0 Å². The highest BCUT2D eigenvalue weighted by Crippen LogP contribution is 2.27. The van der Waals surface area contributed by atoms with E-state index in [1.54, 1.807) is 21.3 Å². The van der Waals surface area contributed by atoms with Gasteiger partial charge in [-0.2, -0.15) is 0 Å². The first-order valence-corrected chi connectivity index (χ1v) is 7.31. The van der Waals surface area contributed by atoms with Crippen LogP contribution in [-0.4, -0.2) is 58.1 Å². The molecule has 2 N–H and O–H groups in total. The van der Waals surface area contributed by atoms with Gasteiger partial charge in [0.1, 0.15) is 0 Å². The van der Waals surface area contributed by atoms with Crippen LogP contribution in [0, 0.1) is 0 Å². The Hall–Kier alpha value is -0.980. The fourth-order valence-corrected chi connectivity index (χ4v) is 3.03. The van der Waals surface area contributed by atoms with E-state index >= 15 is 0 Å². The molecule has 1 aliphatic rings. The zero-order valence-electron chi connectivity index (χ0n) is 13.1. The minimum atomic E-state index is 0.103. The minimum absolute atomic E-state index is 0.103. The smallest absolute Gasteiger partial charge is 0.0972 e. The molecule has 1 fully saturated rings. The third-order valence-electron chi connectivity index (χ3n) is 4.16. The average molecular weight is 294 g/mol. The van der Waals surface area contributed by atoms with E-state index in [2.05, 4.69) is 29.2 Å². The van der Waals surface area contributed by atoms with Gasteiger partial charge in [0, 0.05) is 47.0 Å². The molecule has 2 rings (SSSR count). The molecule has 0 amide bonds. The van der Waals surface area contributed by atoms with E-state index in [0.29, 0.717) is 13.2 Å². The molecule has 3 unspecified atom stereocenters. The van der Waals surface area contributed by atoms with Gasteiger partial charge >= 0.3 is 0 Å². The zero-order valence-corrected chi connectivity index (χ0v) is 13.1. The monoisotopic (exact) mass is 294 g/mol. The standard InChI is InChI=1S/C16H26N2O3/c1-19-11-12-5-4-6-13(7-12)14(8-17)18-9-15(20-2)16(10-18)21-3/h4-7,14-16H,8-11,17H2,1-3H3. The predicted molar refractivity (Wildman–Crippen MR) is 82.1 cm³/mol. The first-order chi connectivity index (χ1) is 10.2. The van der Waals surface area contributed by atoms with E-state index in [9.17, 15) is 0 Å². The van der Waals surface area contributed by atoms with Crippen molar-refractivity contribution in [3.05, 3.63) is 35.4 Å². The summed E-state index contributed by atoms with van der Waals surface area (Å²) in [6.07, 6.45) is 0.206. The predicted octanol–water partition coefficient (Wildman–Crippen LogP) is 1.18. The Balaban J connectivity index is 2.14. The fourth-order valence-electron chi connectivity index (χ4n) is 3.03. The lowest BCUT2D eigenvalue weighted by molar-refractivity contribution is -0.00461. The Kier molecular flexibility index (Phi) is 6.14. The van der Waals surface area contributed by atoms with Gasteiger partial charge in [-0.15, -0.1) is 0 Å². The van der Waals surface area contributed by atoms with Crippen molar-refractivity contribution in [3.63, 3.8) is 0 Å². The Morgan fingerprint density at radius 2 is 1.86 bits per heavy atom. The molecular formula is C16H26N2O3. The third kappa shape index (κ3) is 3.81. The number of nitrogens with two attached hydrogens (primary N) is 1. The van der Waals surface area contributed by atoms with E-state index in [1.807, 2.05) is 0 Å². The Morgan fingerprint density at radius 1 is 1.19 bits per heavy atom. The maximum Gasteiger partial charge on any atom is 0.0972 e. The van der Waals surface area contributed by atoms with Gasteiger partial charge in [0.15, 0.2) is 0 Å². The summed E-state index contributed by atoms with van der Waals surface area (Å²) >= 11 is 0. The lowest BCUT2D eigenvalue weighted by atomic mass is 10.0. The number of rotatable bonds is 7. The molecule has 0 bridgehead atoms. The van der Waals surface area contributed by atoms with Crippen molar-refractivity contribution in [2.45, 2.75) is 24.9 Å². The van der Waals surface area contributed by atoms with E-state index in [1.165, 1.54) is 11.1 Å². The summed E-state index contributed by atoms with van der Waals surface area (Å²) in [4.78, 5) is 2.34. The Labute approximate surface area is 127 Å². The zero-order chi connectivity index (χ0) is 15.2. The summed E-state index contributed by atoms with van der Waals surface area (Å²) in [5.74, 6) is 0. The van der Waals surface area contributed by atoms with Gasteiger partial charge in [0.25, 0.3) is 0 Å². The van der Waals surface area contributed by atoms with Crippen molar-refractivity contribution in [2.24, 2.45) is 5.73 Å². The third-order valence-corrected chi connectivity index (χ3v) is 4.16. The lowest BCUT2D eigenvalue weighted by Crippen LogP contribution is -2.33. The number of ether oxygens (including phenoxy) is 3. The van der Waals surface area contributed by atoms with Gasteiger partial charge in [0.05, 0.1) is 18.8 Å². The number of likely N-dealkylation sites (tertiary alicyclic amines) is 1. The van der Waals surface area contributed by atoms with Gasteiger partial charge in [-0.05, 0) is 11.1 Å². The minimum Gasteiger partial charge on any atom is -0.380 e. The molecule has 21 heavy (non-hydrogen) atoms. The van der Waals surface area contributed by atoms with Crippen LogP contribution in [0.25, 0.3) is 0 Å². The van der Waals surface area contributed by atoms with Crippen molar-refractivity contribution in [2.75, 3.05) is 41.0 Å². The molecular weight excluding hydrogens is 268 g/mol. The normalized spacial score (nSPS) is 24.4. The molecule has 118 valence electrons. The second-order valence-electron chi connectivity index (χ2n) is 5.43. The molecule has 1 saturated heterocycles. The molecule has 1 aromatic carbocycles. The van der Waals surface area contributed by atoms with E-state index < -0.39 is 0 Å². The maximum atomic E-state index is 6.03. The molecule has 1 heterocycles. The maximum absolute atomic E-state index is 6.03. The molecule has 5 heteroatoms. The molecule has 0 saturated carbocycles.